The molecule has 1 aromatic carbocycles. The molecule has 4 atom stereocenters. The van der Waals surface area contributed by atoms with Crippen LogP contribution in [-0.4, -0.2) is 70.5 Å². The van der Waals surface area contributed by atoms with E-state index in [9.17, 15) is 15.3 Å². The molecule has 3 aromatic heterocycles. The number of nitrogens with two attached hydrogens (primary N) is 1. The zero-order valence-electron chi connectivity index (χ0n) is 17.0. The maximum atomic E-state index is 10.6. The molecule has 0 aliphatic carbocycles. The van der Waals surface area contributed by atoms with Crippen molar-refractivity contribution in [2.24, 2.45) is 5.10 Å². The number of hydrazone groups is 1. The minimum absolute atomic E-state index is 0.140. The van der Waals surface area contributed by atoms with Crippen molar-refractivity contribution in [3.05, 3.63) is 42.4 Å². The molecular formula is C20H22N8O4. The summed E-state index contributed by atoms with van der Waals surface area (Å²) in [6, 6.07) is 7.86. The number of hydrogen-bond donors (Lipinski definition) is 6. The molecule has 0 saturated carbocycles. The number of nitrogen functional groups attached to an aromatic ring is 1. The van der Waals surface area contributed by atoms with E-state index in [4.69, 9.17) is 10.5 Å². The molecule has 166 valence electrons. The number of rotatable bonds is 5. The van der Waals surface area contributed by atoms with Crippen LogP contribution in [0.1, 0.15) is 18.7 Å². The lowest BCUT2D eigenvalue weighted by molar-refractivity contribution is -0.0501. The quantitative estimate of drug-likeness (QED) is 0.189. The lowest BCUT2D eigenvalue weighted by atomic mass is 10.1. The van der Waals surface area contributed by atoms with Crippen LogP contribution < -0.4 is 11.2 Å². The number of para-hydroxylation sites is 1. The largest absolute Gasteiger partial charge is 0.394 e. The predicted octanol–water partition coefficient (Wildman–Crippen LogP) is 0.337. The highest BCUT2D eigenvalue weighted by atomic mass is 16.6. The van der Waals surface area contributed by atoms with Gasteiger partial charge in [-0.15, -0.1) is 0 Å². The van der Waals surface area contributed by atoms with E-state index in [0.717, 1.165) is 16.5 Å². The molecule has 5 rings (SSSR count). The van der Waals surface area contributed by atoms with E-state index < -0.39 is 31.1 Å². The Morgan fingerprint density at radius 3 is 2.88 bits per heavy atom. The van der Waals surface area contributed by atoms with Gasteiger partial charge in [0.15, 0.2) is 23.2 Å². The molecule has 7 N–H and O–H groups in total. The Kier molecular flexibility index (Phi) is 4.98. The SMILES string of the molecule is CC(=NNc1nc2c(N)ncnc2n1C1OC(CO)C(O)C1O)c1c[nH]c2ccccc12. The number of aliphatic hydroxyl groups is 3. The molecule has 1 aliphatic heterocycles. The van der Waals surface area contributed by atoms with Gasteiger partial charge in [0.1, 0.15) is 24.6 Å². The van der Waals surface area contributed by atoms with E-state index in [1.807, 2.05) is 37.4 Å². The number of ether oxygens (including phenoxy) is 1. The minimum atomic E-state index is -1.33. The molecule has 12 heteroatoms. The first-order valence-electron chi connectivity index (χ1n) is 9.97. The zero-order valence-corrected chi connectivity index (χ0v) is 17.0. The summed E-state index contributed by atoms with van der Waals surface area (Å²) in [5, 5.41) is 35.7. The topological polar surface area (TPSA) is 180 Å². The molecule has 4 heterocycles. The van der Waals surface area contributed by atoms with Crippen LogP contribution in [-0.2, 0) is 4.74 Å². The van der Waals surface area contributed by atoms with Crippen molar-refractivity contribution in [1.29, 1.82) is 0 Å². The Bertz CT molecular complexity index is 1320. The van der Waals surface area contributed by atoms with Crippen molar-refractivity contribution in [3.63, 3.8) is 0 Å². The van der Waals surface area contributed by atoms with Gasteiger partial charge in [-0.25, -0.2) is 20.4 Å². The van der Waals surface area contributed by atoms with Crippen molar-refractivity contribution in [2.75, 3.05) is 17.8 Å². The molecule has 1 aliphatic rings. The fourth-order valence-electron chi connectivity index (χ4n) is 3.90. The van der Waals surface area contributed by atoms with Gasteiger partial charge in [-0.05, 0) is 13.0 Å². The molecule has 4 unspecified atom stereocenters. The number of aliphatic hydroxyl groups excluding tert-OH is 3. The predicted molar refractivity (Wildman–Crippen MR) is 117 cm³/mol. The van der Waals surface area contributed by atoms with Gasteiger partial charge in [0.2, 0.25) is 5.95 Å². The first kappa shape index (κ1) is 20.3. The first-order chi connectivity index (χ1) is 15.5. The van der Waals surface area contributed by atoms with E-state index in [0.29, 0.717) is 5.71 Å². The fraction of sp³-hybridized carbons (Fsp3) is 0.300. The number of anilines is 2. The second-order valence-corrected chi connectivity index (χ2v) is 7.52. The molecule has 4 aromatic rings. The lowest BCUT2D eigenvalue weighted by Gasteiger charge is -2.18. The Morgan fingerprint density at radius 1 is 1.28 bits per heavy atom. The summed E-state index contributed by atoms with van der Waals surface area (Å²) < 4.78 is 7.13. The summed E-state index contributed by atoms with van der Waals surface area (Å²) in [6.07, 6.45) is -1.53. The van der Waals surface area contributed by atoms with Crippen LogP contribution in [0.5, 0.6) is 0 Å². The number of benzene rings is 1. The van der Waals surface area contributed by atoms with Crippen molar-refractivity contribution in [1.82, 2.24) is 24.5 Å². The summed E-state index contributed by atoms with van der Waals surface area (Å²) in [5.74, 6) is 0.321. The summed E-state index contributed by atoms with van der Waals surface area (Å²) in [6.45, 7) is 1.38. The van der Waals surface area contributed by atoms with Crippen LogP contribution in [0.25, 0.3) is 22.1 Å². The molecule has 1 saturated heterocycles. The number of nitrogens with one attached hydrogen (secondary N) is 2. The van der Waals surface area contributed by atoms with Gasteiger partial charge in [-0.1, -0.05) is 18.2 Å². The third kappa shape index (κ3) is 3.17. The Balaban J connectivity index is 1.56. The molecular weight excluding hydrogens is 416 g/mol. The number of H-pyrrole nitrogens is 1. The Morgan fingerprint density at radius 2 is 2.09 bits per heavy atom. The van der Waals surface area contributed by atoms with Crippen LogP contribution in [0.15, 0.2) is 41.9 Å². The van der Waals surface area contributed by atoms with Crippen LogP contribution in [0, 0.1) is 0 Å². The molecule has 1 fully saturated rings. The first-order valence-corrected chi connectivity index (χ1v) is 9.97. The summed E-state index contributed by atoms with van der Waals surface area (Å²) in [4.78, 5) is 15.8. The number of aromatic nitrogens is 5. The average Bonchev–Trinajstić information content (AvgIpc) is 3.47. The Labute approximate surface area is 181 Å². The van der Waals surface area contributed by atoms with E-state index in [1.165, 1.54) is 10.9 Å². The van der Waals surface area contributed by atoms with Gasteiger partial charge >= 0.3 is 0 Å². The maximum absolute atomic E-state index is 10.6. The third-order valence-corrected chi connectivity index (χ3v) is 5.58. The zero-order chi connectivity index (χ0) is 22.4. The Hall–Kier alpha value is -3.58. The smallest absolute Gasteiger partial charge is 0.228 e. The highest BCUT2D eigenvalue weighted by Crippen LogP contribution is 2.35. The summed E-state index contributed by atoms with van der Waals surface area (Å²) in [5.41, 5.74) is 12.0. The van der Waals surface area contributed by atoms with Crippen LogP contribution in [0.2, 0.25) is 0 Å². The van der Waals surface area contributed by atoms with E-state index >= 15 is 0 Å². The molecule has 0 bridgehead atoms. The van der Waals surface area contributed by atoms with Gasteiger partial charge in [0.25, 0.3) is 0 Å². The summed E-state index contributed by atoms with van der Waals surface area (Å²) in [7, 11) is 0. The monoisotopic (exact) mass is 438 g/mol. The number of hydrogen-bond acceptors (Lipinski definition) is 10. The van der Waals surface area contributed by atoms with Crippen LogP contribution in [0.4, 0.5) is 11.8 Å². The molecule has 32 heavy (non-hydrogen) atoms. The minimum Gasteiger partial charge on any atom is -0.394 e. The molecule has 0 radical (unpaired) electrons. The highest BCUT2D eigenvalue weighted by Gasteiger charge is 2.45. The fourth-order valence-corrected chi connectivity index (χ4v) is 3.90. The number of imidazole rings is 1. The van der Waals surface area contributed by atoms with Gasteiger partial charge in [0, 0.05) is 22.7 Å². The van der Waals surface area contributed by atoms with Gasteiger partial charge in [-0.3, -0.25) is 4.57 Å². The van der Waals surface area contributed by atoms with Crippen molar-refractivity contribution >= 4 is 39.5 Å². The number of aromatic amines is 1. The number of fused-ring (bicyclic) bond motifs is 2. The van der Waals surface area contributed by atoms with Crippen LogP contribution in [0.3, 0.4) is 0 Å². The van der Waals surface area contributed by atoms with Gasteiger partial charge in [-0.2, -0.15) is 5.10 Å². The van der Waals surface area contributed by atoms with E-state index in [-0.39, 0.29) is 22.9 Å². The highest BCUT2D eigenvalue weighted by molar-refractivity contribution is 6.09. The van der Waals surface area contributed by atoms with Gasteiger partial charge < -0.3 is 30.8 Å². The average molecular weight is 438 g/mol. The lowest BCUT2D eigenvalue weighted by Crippen LogP contribution is -2.33. The maximum Gasteiger partial charge on any atom is 0.228 e. The number of nitrogens with zero attached hydrogens (tertiary/aromatic N) is 5. The molecule has 12 nitrogen and oxygen atoms in total. The van der Waals surface area contributed by atoms with Crippen molar-refractivity contribution in [2.45, 2.75) is 31.5 Å². The second kappa shape index (κ2) is 7.84. The standard InChI is InChI=1S/C20H22N8O4/c1-9(11-6-22-12-5-3-2-4-10(11)12)26-27-20-25-14-17(21)23-8-24-18(14)28(20)19-16(31)15(30)13(7-29)32-19/h2-6,8,13,15-16,19,22,29-31H,7H2,1H3,(H,25,27)(H2,21,23,24). The summed E-state index contributed by atoms with van der Waals surface area (Å²) >= 11 is 0. The second-order valence-electron chi connectivity index (χ2n) is 7.52. The normalized spacial score (nSPS) is 23.9. The van der Waals surface area contributed by atoms with Crippen LogP contribution >= 0.6 is 0 Å². The molecule has 0 spiro atoms. The van der Waals surface area contributed by atoms with Gasteiger partial charge in [0.05, 0.1) is 12.3 Å². The van der Waals surface area contributed by atoms with Crippen molar-refractivity contribution < 1.29 is 20.1 Å². The third-order valence-electron chi connectivity index (χ3n) is 5.58. The molecule has 0 amide bonds. The van der Waals surface area contributed by atoms with Crippen molar-refractivity contribution in [3.8, 4) is 0 Å². The van der Waals surface area contributed by atoms with E-state index in [1.54, 1.807) is 0 Å². The van der Waals surface area contributed by atoms with E-state index in [2.05, 4.69) is 30.5 Å².